The van der Waals surface area contributed by atoms with Crippen LogP contribution in [0.1, 0.15) is 23.1 Å². The van der Waals surface area contributed by atoms with Gasteiger partial charge in [0.2, 0.25) is 0 Å². The Hall–Kier alpha value is -2.00. The fourth-order valence-corrected chi connectivity index (χ4v) is 2.45. The van der Waals surface area contributed by atoms with Gasteiger partial charge in [-0.2, -0.15) is 0 Å². The summed E-state index contributed by atoms with van der Waals surface area (Å²) in [7, 11) is 4.19. The van der Waals surface area contributed by atoms with E-state index in [9.17, 15) is 0 Å². The predicted molar refractivity (Wildman–Crippen MR) is 93.2 cm³/mol. The van der Waals surface area contributed by atoms with Crippen LogP contribution in [0.15, 0.2) is 42.5 Å². The normalized spacial score (nSPS) is 10.9. The van der Waals surface area contributed by atoms with E-state index >= 15 is 0 Å². The van der Waals surface area contributed by atoms with E-state index in [1.807, 2.05) is 18.2 Å². The molecule has 0 spiro atoms. The summed E-state index contributed by atoms with van der Waals surface area (Å²) < 4.78 is 5.84. The van der Waals surface area contributed by atoms with Gasteiger partial charge in [-0.1, -0.05) is 35.9 Å². The maximum absolute atomic E-state index is 6.11. The summed E-state index contributed by atoms with van der Waals surface area (Å²) in [6, 6.07) is 14.4. The predicted octanol–water partition coefficient (Wildman–Crippen LogP) is 3.65. The van der Waals surface area contributed by atoms with Gasteiger partial charge in [-0.15, -0.1) is 0 Å². The van der Waals surface area contributed by atoms with E-state index in [4.69, 9.17) is 10.5 Å². The molecule has 0 saturated heterocycles. The van der Waals surface area contributed by atoms with Gasteiger partial charge in [-0.05, 0) is 63.7 Å². The van der Waals surface area contributed by atoms with Crippen LogP contribution >= 0.6 is 0 Å². The van der Waals surface area contributed by atoms with E-state index in [0.29, 0.717) is 6.61 Å². The van der Waals surface area contributed by atoms with E-state index in [0.717, 1.165) is 36.4 Å². The third-order valence-electron chi connectivity index (χ3n) is 3.62. The zero-order valence-corrected chi connectivity index (χ0v) is 13.8. The Morgan fingerprint density at radius 3 is 2.55 bits per heavy atom. The third-order valence-corrected chi connectivity index (χ3v) is 3.62. The summed E-state index contributed by atoms with van der Waals surface area (Å²) >= 11 is 0. The average Bonchev–Trinajstić information content (AvgIpc) is 2.46. The molecule has 0 radical (unpaired) electrons. The molecular weight excluding hydrogens is 272 g/mol. The molecule has 0 amide bonds. The lowest BCUT2D eigenvalue weighted by Crippen LogP contribution is -2.13. The molecule has 118 valence electrons. The molecule has 2 aromatic rings. The van der Waals surface area contributed by atoms with Crippen molar-refractivity contribution in [2.75, 3.05) is 26.4 Å². The zero-order chi connectivity index (χ0) is 15.9. The summed E-state index contributed by atoms with van der Waals surface area (Å²) in [5, 5.41) is 0. The number of ether oxygens (including phenoxy) is 1. The van der Waals surface area contributed by atoms with Crippen LogP contribution in [0, 0.1) is 6.92 Å². The number of nitrogens with zero attached hydrogens (tertiary/aromatic N) is 1. The lowest BCUT2D eigenvalue weighted by atomic mass is 10.1. The lowest BCUT2D eigenvalue weighted by molar-refractivity contribution is 0.308. The Labute approximate surface area is 133 Å². The first-order valence-electron chi connectivity index (χ1n) is 7.76. The van der Waals surface area contributed by atoms with E-state index in [1.54, 1.807) is 0 Å². The van der Waals surface area contributed by atoms with Crippen molar-refractivity contribution >= 4 is 5.69 Å². The molecule has 0 aromatic heterocycles. The Morgan fingerprint density at radius 2 is 1.86 bits per heavy atom. The number of benzene rings is 2. The SMILES string of the molecule is Cc1cccc(COc2ccc(CCCN(C)C)cc2N)c1. The molecule has 0 heterocycles. The van der Waals surface area contributed by atoms with Crippen molar-refractivity contribution in [2.45, 2.75) is 26.4 Å². The molecule has 0 bridgehead atoms. The van der Waals surface area contributed by atoms with Crippen LogP contribution in [0.4, 0.5) is 5.69 Å². The van der Waals surface area contributed by atoms with Gasteiger partial charge in [0.05, 0.1) is 5.69 Å². The van der Waals surface area contributed by atoms with Gasteiger partial charge in [-0.25, -0.2) is 0 Å². The molecular formula is C19H26N2O. The monoisotopic (exact) mass is 298 g/mol. The van der Waals surface area contributed by atoms with Gasteiger partial charge in [0.25, 0.3) is 0 Å². The minimum absolute atomic E-state index is 0.547. The molecule has 2 aromatic carbocycles. The summed E-state index contributed by atoms with van der Waals surface area (Å²) in [5.41, 5.74) is 10.5. The molecule has 0 unspecified atom stereocenters. The maximum Gasteiger partial charge on any atom is 0.142 e. The van der Waals surface area contributed by atoms with Crippen LogP contribution in [0.25, 0.3) is 0 Å². The van der Waals surface area contributed by atoms with Crippen molar-refractivity contribution in [2.24, 2.45) is 0 Å². The van der Waals surface area contributed by atoms with Crippen molar-refractivity contribution in [3.63, 3.8) is 0 Å². The number of anilines is 1. The minimum atomic E-state index is 0.547. The number of hydrogen-bond donors (Lipinski definition) is 1. The van der Waals surface area contributed by atoms with Crippen LogP contribution in [0.2, 0.25) is 0 Å². The lowest BCUT2D eigenvalue weighted by Gasteiger charge is -2.12. The van der Waals surface area contributed by atoms with Gasteiger partial charge in [0.15, 0.2) is 0 Å². The van der Waals surface area contributed by atoms with Crippen molar-refractivity contribution in [1.82, 2.24) is 4.90 Å². The maximum atomic E-state index is 6.11. The second-order valence-corrected chi connectivity index (χ2v) is 6.06. The number of hydrogen-bond acceptors (Lipinski definition) is 3. The van der Waals surface area contributed by atoms with Crippen molar-refractivity contribution in [3.8, 4) is 5.75 Å². The summed E-state index contributed by atoms with van der Waals surface area (Å²) in [5.74, 6) is 0.762. The quantitative estimate of drug-likeness (QED) is 0.793. The Kier molecular flexibility index (Phi) is 5.84. The standard InChI is InChI=1S/C19H26N2O/c1-15-6-4-7-17(12-15)14-22-19-10-9-16(13-18(19)20)8-5-11-21(2)3/h4,6-7,9-10,12-13H,5,8,11,14,20H2,1-3H3. The number of rotatable bonds is 7. The summed E-state index contributed by atoms with van der Waals surface area (Å²) in [4.78, 5) is 2.20. The molecule has 22 heavy (non-hydrogen) atoms. The molecule has 0 aliphatic heterocycles. The zero-order valence-electron chi connectivity index (χ0n) is 13.8. The highest BCUT2D eigenvalue weighted by Gasteiger charge is 2.03. The van der Waals surface area contributed by atoms with Crippen molar-refractivity contribution in [1.29, 1.82) is 0 Å². The molecule has 0 fully saturated rings. The second-order valence-electron chi connectivity index (χ2n) is 6.06. The van der Waals surface area contributed by atoms with Gasteiger partial charge >= 0.3 is 0 Å². The Bertz CT molecular complexity index is 608. The number of aryl methyl sites for hydroxylation is 2. The molecule has 2 rings (SSSR count). The van der Waals surface area contributed by atoms with E-state index < -0.39 is 0 Å². The average molecular weight is 298 g/mol. The number of nitrogen functional groups attached to an aromatic ring is 1. The van der Waals surface area contributed by atoms with Crippen LogP contribution in [-0.2, 0) is 13.0 Å². The van der Waals surface area contributed by atoms with Gasteiger partial charge in [0.1, 0.15) is 12.4 Å². The highest BCUT2D eigenvalue weighted by atomic mass is 16.5. The van der Waals surface area contributed by atoms with E-state index in [2.05, 4.69) is 50.2 Å². The first kappa shape index (κ1) is 16.4. The molecule has 2 N–H and O–H groups in total. The van der Waals surface area contributed by atoms with Crippen molar-refractivity contribution in [3.05, 3.63) is 59.2 Å². The fraction of sp³-hybridized carbons (Fsp3) is 0.368. The summed E-state index contributed by atoms with van der Waals surface area (Å²) in [6.45, 7) is 3.72. The highest BCUT2D eigenvalue weighted by molar-refractivity contribution is 5.54. The van der Waals surface area contributed by atoms with Gasteiger partial charge in [-0.3, -0.25) is 0 Å². The molecule has 3 heteroatoms. The third kappa shape index (κ3) is 5.08. The minimum Gasteiger partial charge on any atom is -0.487 e. The van der Waals surface area contributed by atoms with Gasteiger partial charge < -0.3 is 15.4 Å². The molecule has 3 nitrogen and oxygen atoms in total. The molecule has 0 saturated carbocycles. The van der Waals surface area contributed by atoms with E-state index in [1.165, 1.54) is 11.1 Å². The fourth-order valence-electron chi connectivity index (χ4n) is 2.45. The highest BCUT2D eigenvalue weighted by Crippen LogP contribution is 2.24. The number of nitrogens with two attached hydrogens (primary N) is 1. The molecule has 0 atom stereocenters. The Balaban J connectivity index is 1.92. The molecule has 0 aliphatic rings. The smallest absolute Gasteiger partial charge is 0.142 e. The summed E-state index contributed by atoms with van der Waals surface area (Å²) in [6.07, 6.45) is 2.18. The largest absolute Gasteiger partial charge is 0.487 e. The van der Waals surface area contributed by atoms with Crippen molar-refractivity contribution < 1.29 is 4.74 Å². The van der Waals surface area contributed by atoms with Crippen LogP contribution in [0.5, 0.6) is 5.75 Å². The van der Waals surface area contributed by atoms with E-state index in [-0.39, 0.29) is 0 Å². The Morgan fingerprint density at radius 1 is 1.05 bits per heavy atom. The van der Waals surface area contributed by atoms with Crippen LogP contribution in [0.3, 0.4) is 0 Å². The topological polar surface area (TPSA) is 38.5 Å². The first-order chi connectivity index (χ1) is 10.5. The molecule has 0 aliphatic carbocycles. The second kappa shape index (κ2) is 7.85. The van der Waals surface area contributed by atoms with Gasteiger partial charge in [0, 0.05) is 0 Å². The van der Waals surface area contributed by atoms with Crippen LogP contribution in [-0.4, -0.2) is 25.5 Å². The van der Waals surface area contributed by atoms with Crippen LogP contribution < -0.4 is 10.5 Å². The first-order valence-corrected chi connectivity index (χ1v) is 7.76.